The standard InChI is InChI=1S/C10H11NO2S/c1-14-9-4-5-11-8(6-12)10(9)13-7-2-3-7/h4-7H,2-3H2,1H3. The van der Waals surface area contributed by atoms with E-state index in [1.165, 1.54) is 0 Å². The van der Waals surface area contributed by atoms with Gasteiger partial charge in [0.1, 0.15) is 5.69 Å². The average molecular weight is 209 g/mol. The molecule has 1 aliphatic rings. The van der Waals surface area contributed by atoms with Crippen LogP contribution in [0.25, 0.3) is 0 Å². The molecule has 0 amide bonds. The molecule has 0 N–H and O–H groups in total. The molecular formula is C10H11NO2S. The van der Waals surface area contributed by atoms with Crippen LogP contribution >= 0.6 is 11.8 Å². The molecule has 0 saturated heterocycles. The summed E-state index contributed by atoms with van der Waals surface area (Å²) in [6, 6.07) is 1.87. The van der Waals surface area contributed by atoms with E-state index < -0.39 is 0 Å². The van der Waals surface area contributed by atoms with Gasteiger partial charge in [-0.05, 0) is 25.2 Å². The van der Waals surface area contributed by atoms with Gasteiger partial charge in [-0.25, -0.2) is 4.98 Å². The van der Waals surface area contributed by atoms with E-state index in [1.54, 1.807) is 18.0 Å². The molecule has 0 spiro atoms. The molecule has 4 heteroatoms. The molecule has 2 rings (SSSR count). The maximum absolute atomic E-state index is 10.7. The molecule has 0 aliphatic heterocycles. The fraction of sp³-hybridized carbons (Fsp3) is 0.400. The van der Waals surface area contributed by atoms with Crippen molar-refractivity contribution in [1.29, 1.82) is 0 Å². The van der Waals surface area contributed by atoms with E-state index in [0.717, 1.165) is 24.0 Å². The lowest BCUT2D eigenvalue weighted by molar-refractivity contribution is 0.111. The Morgan fingerprint density at radius 1 is 1.64 bits per heavy atom. The third-order valence-corrected chi connectivity index (χ3v) is 2.80. The van der Waals surface area contributed by atoms with E-state index in [9.17, 15) is 4.79 Å². The summed E-state index contributed by atoms with van der Waals surface area (Å²) in [7, 11) is 0. The van der Waals surface area contributed by atoms with Crippen molar-refractivity contribution in [1.82, 2.24) is 4.98 Å². The van der Waals surface area contributed by atoms with Crippen LogP contribution in [-0.2, 0) is 0 Å². The predicted molar refractivity (Wildman–Crippen MR) is 55.1 cm³/mol. The molecule has 0 bridgehead atoms. The number of hydrogen-bond donors (Lipinski definition) is 0. The van der Waals surface area contributed by atoms with Gasteiger partial charge in [0.15, 0.2) is 12.0 Å². The second kappa shape index (κ2) is 4.00. The lowest BCUT2D eigenvalue weighted by atomic mass is 10.3. The Bertz CT molecular complexity index is 350. The van der Waals surface area contributed by atoms with Crippen LogP contribution in [0.2, 0.25) is 0 Å². The summed E-state index contributed by atoms with van der Waals surface area (Å²) >= 11 is 1.57. The van der Waals surface area contributed by atoms with Gasteiger partial charge in [-0.3, -0.25) is 4.79 Å². The number of carbonyl (C=O) groups is 1. The highest BCUT2D eigenvalue weighted by molar-refractivity contribution is 7.98. The van der Waals surface area contributed by atoms with Crippen molar-refractivity contribution in [2.45, 2.75) is 23.8 Å². The summed E-state index contributed by atoms with van der Waals surface area (Å²) in [5.41, 5.74) is 0.406. The average Bonchev–Trinajstić information content (AvgIpc) is 3.02. The molecule has 0 unspecified atom stereocenters. The molecule has 0 atom stereocenters. The van der Waals surface area contributed by atoms with Crippen molar-refractivity contribution in [3.05, 3.63) is 18.0 Å². The minimum Gasteiger partial charge on any atom is -0.487 e. The summed E-state index contributed by atoms with van der Waals surface area (Å²) in [5.74, 6) is 0.650. The first kappa shape index (κ1) is 9.52. The molecule has 1 heterocycles. The Balaban J connectivity index is 2.33. The van der Waals surface area contributed by atoms with Gasteiger partial charge >= 0.3 is 0 Å². The summed E-state index contributed by atoms with van der Waals surface area (Å²) in [5, 5.41) is 0. The maximum Gasteiger partial charge on any atom is 0.172 e. The second-order valence-electron chi connectivity index (χ2n) is 3.16. The highest BCUT2D eigenvalue weighted by Gasteiger charge is 2.26. The molecule has 1 aromatic rings. The summed E-state index contributed by atoms with van der Waals surface area (Å²) in [6.45, 7) is 0. The van der Waals surface area contributed by atoms with Gasteiger partial charge < -0.3 is 4.74 Å². The lowest BCUT2D eigenvalue weighted by Crippen LogP contribution is -2.02. The molecular weight excluding hydrogens is 198 g/mol. The molecule has 1 aliphatic carbocycles. The van der Waals surface area contributed by atoms with Crippen molar-refractivity contribution < 1.29 is 9.53 Å². The molecule has 1 aromatic heterocycles. The Labute approximate surface area is 86.9 Å². The van der Waals surface area contributed by atoms with Gasteiger partial charge in [0.25, 0.3) is 0 Å². The van der Waals surface area contributed by atoms with Crippen LogP contribution in [0.4, 0.5) is 0 Å². The van der Waals surface area contributed by atoms with Crippen LogP contribution in [0.1, 0.15) is 23.3 Å². The monoisotopic (exact) mass is 209 g/mol. The quantitative estimate of drug-likeness (QED) is 0.562. The molecule has 14 heavy (non-hydrogen) atoms. The highest BCUT2D eigenvalue weighted by atomic mass is 32.2. The van der Waals surface area contributed by atoms with Crippen molar-refractivity contribution in [3.63, 3.8) is 0 Å². The number of hydrogen-bond acceptors (Lipinski definition) is 4. The normalized spacial score (nSPS) is 15.2. The van der Waals surface area contributed by atoms with Crippen LogP contribution in [0.15, 0.2) is 17.2 Å². The van der Waals surface area contributed by atoms with Gasteiger partial charge in [0.2, 0.25) is 0 Å². The summed E-state index contributed by atoms with van der Waals surface area (Å²) in [4.78, 5) is 15.7. The number of pyridine rings is 1. The fourth-order valence-corrected chi connectivity index (χ4v) is 1.70. The zero-order valence-electron chi connectivity index (χ0n) is 7.90. The van der Waals surface area contributed by atoms with Crippen LogP contribution in [0.3, 0.4) is 0 Å². The minimum absolute atomic E-state index is 0.295. The summed E-state index contributed by atoms with van der Waals surface area (Å²) in [6.07, 6.45) is 6.81. The van der Waals surface area contributed by atoms with Crippen LogP contribution in [0.5, 0.6) is 5.75 Å². The van der Waals surface area contributed by atoms with E-state index in [0.29, 0.717) is 17.5 Å². The largest absolute Gasteiger partial charge is 0.487 e. The number of ether oxygens (including phenoxy) is 1. The molecule has 0 aromatic carbocycles. The molecule has 0 radical (unpaired) electrons. The van der Waals surface area contributed by atoms with Gasteiger partial charge in [0.05, 0.1) is 11.0 Å². The van der Waals surface area contributed by atoms with E-state index >= 15 is 0 Å². The summed E-state index contributed by atoms with van der Waals surface area (Å²) < 4.78 is 5.65. The minimum atomic E-state index is 0.295. The Kier molecular flexibility index (Phi) is 2.72. The molecule has 74 valence electrons. The third kappa shape index (κ3) is 1.90. The zero-order valence-corrected chi connectivity index (χ0v) is 8.71. The van der Waals surface area contributed by atoms with Crippen LogP contribution in [0, 0.1) is 0 Å². The number of nitrogens with zero attached hydrogens (tertiary/aromatic N) is 1. The van der Waals surface area contributed by atoms with Gasteiger partial charge in [-0.2, -0.15) is 0 Å². The van der Waals surface area contributed by atoms with Gasteiger partial charge in [0, 0.05) is 6.20 Å². The first-order valence-electron chi connectivity index (χ1n) is 4.50. The second-order valence-corrected chi connectivity index (χ2v) is 4.01. The molecule has 1 saturated carbocycles. The number of aldehydes is 1. The number of rotatable bonds is 4. The first-order valence-corrected chi connectivity index (χ1v) is 5.72. The molecule has 3 nitrogen and oxygen atoms in total. The Morgan fingerprint density at radius 2 is 2.43 bits per heavy atom. The zero-order chi connectivity index (χ0) is 9.97. The Hall–Kier alpha value is -1.03. The maximum atomic E-state index is 10.7. The molecule has 1 fully saturated rings. The van der Waals surface area contributed by atoms with Crippen molar-refractivity contribution in [2.75, 3.05) is 6.26 Å². The van der Waals surface area contributed by atoms with E-state index in [1.807, 2.05) is 12.3 Å². The van der Waals surface area contributed by atoms with Crippen LogP contribution in [-0.4, -0.2) is 23.6 Å². The number of thioether (sulfide) groups is 1. The lowest BCUT2D eigenvalue weighted by Gasteiger charge is -2.09. The van der Waals surface area contributed by atoms with Crippen molar-refractivity contribution >= 4 is 18.0 Å². The van der Waals surface area contributed by atoms with Gasteiger partial charge in [-0.15, -0.1) is 11.8 Å². The van der Waals surface area contributed by atoms with Crippen molar-refractivity contribution in [2.24, 2.45) is 0 Å². The highest BCUT2D eigenvalue weighted by Crippen LogP contribution is 2.34. The Morgan fingerprint density at radius 3 is 3.00 bits per heavy atom. The van der Waals surface area contributed by atoms with Gasteiger partial charge in [-0.1, -0.05) is 0 Å². The number of carbonyl (C=O) groups excluding carboxylic acids is 1. The van der Waals surface area contributed by atoms with E-state index in [2.05, 4.69) is 4.98 Å². The predicted octanol–water partition coefficient (Wildman–Crippen LogP) is 2.16. The third-order valence-electron chi connectivity index (χ3n) is 2.04. The van der Waals surface area contributed by atoms with Crippen LogP contribution < -0.4 is 4.74 Å². The first-order chi connectivity index (χ1) is 6.85. The topological polar surface area (TPSA) is 39.2 Å². The van der Waals surface area contributed by atoms with E-state index in [-0.39, 0.29) is 0 Å². The van der Waals surface area contributed by atoms with E-state index in [4.69, 9.17) is 4.74 Å². The SMILES string of the molecule is CSc1ccnc(C=O)c1OC1CC1. The smallest absolute Gasteiger partial charge is 0.172 e. The van der Waals surface area contributed by atoms with Crippen molar-refractivity contribution in [3.8, 4) is 5.75 Å². The number of aromatic nitrogens is 1. The fourth-order valence-electron chi connectivity index (χ4n) is 1.16.